The second-order valence-corrected chi connectivity index (χ2v) is 3.81. The highest BCUT2D eigenvalue weighted by Crippen LogP contribution is 2.25. The lowest BCUT2D eigenvalue weighted by Gasteiger charge is -2.05. The van der Waals surface area contributed by atoms with Gasteiger partial charge in [0.1, 0.15) is 5.00 Å². The largest absolute Gasteiger partial charge is 0.450 e. The topological polar surface area (TPSA) is 89.6 Å². The number of carbonyl (C=O) groups excluding carboxylic acids is 1. The number of nitrogens with zero attached hydrogens (tertiary/aromatic N) is 2. The number of rotatable bonds is 3. The highest BCUT2D eigenvalue weighted by atomic mass is 32.1. The molecule has 16 heavy (non-hydrogen) atoms. The van der Waals surface area contributed by atoms with Crippen molar-refractivity contribution in [1.82, 2.24) is 4.37 Å². The van der Waals surface area contributed by atoms with Gasteiger partial charge in [0.15, 0.2) is 0 Å². The Kier molecular flexibility index (Phi) is 4.24. The molecule has 1 aromatic heterocycles. The summed E-state index contributed by atoms with van der Waals surface area (Å²) in [5.74, 6) is 5.21. The van der Waals surface area contributed by atoms with E-state index in [2.05, 4.69) is 14.8 Å². The van der Waals surface area contributed by atoms with Crippen LogP contribution in [0.25, 0.3) is 0 Å². The van der Waals surface area contributed by atoms with E-state index in [-0.39, 0.29) is 0 Å². The first-order valence-corrected chi connectivity index (χ1v) is 5.52. The fourth-order valence-electron chi connectivity index (χ4n) is 1.21. The molecule has 0 aromatic carbocycles. The van der Waals surface area contributed by atoms with Gasteiger partial charge in [-0.05, 0) is 32.3 Å². The summed E-state index contributed by atoms with van der Waals surface area (Å²) in [6, 6.07) is 0. The molecular weight excluding hydrogens is 228 g/mol. The minimum Gasteiger partial charge on any atom is -0.450 e. The normalized spacial score (nSPS) is 11.3. The number of aromatic nitrogens is 1. The lowest BCUT2D eigenvalue weighted by molar-refractivity contribution is 0.168. The van der Waals surface area contributed by atoms with Gasteiger partial charge in [-0.25, -0.2) is 4.79 Å². The third-order valence-electron chi connectivity index (χ3n) is 1.91. The van der Waals surface area contributed by atoms with Crippen molar-refractivity contribution < 1.29 is 9.53 Å². The Morgan fingerprint density at radius 2 is 2.38 bits per heavy atom. The SMILES string of the molecule is CCOC(=O)Nc1snc(C)c1/C(C)=N/N. The van der Waals surface area contributed by atoms with Gasteiger partial charge in [0.2, 0.25) is 0 Å². The molecule has 0 saturated carbocycles. The van der Waals surface area contributed by atoms with E-state index in [0.29, 0.717) is 17.3 Å². The van der Waals surface area contributed by atoms with Crippen LogP contribution >= 0.6 is 11.5 Å². The van der Waals surface area contributed by atoms with Gasteiger partial charge in [-0.2, -0.15) is 9.47 Å². The summed E-state index contributed by atoms with van der Waals surface area (Å²) < 4.78 is 8.91. The van der Waals surface area contributed by atoms with Crippen LogP contribution in [0, 0.1) is 6.92 Å². The zero-order valence-electron chi connectivity index (χ0n) is 9.40. The van der Waals surface area contributed by atoms with Crippen molar-refractivity contribution in [2.45, 2.75) is 20.8 Å². The second kappa shape index (κ2) is 5.45. The van der Waals surface area contributed by atoms with Crippen molar-refractivity contribution in [3.8, 4) is 0 Å². The Labute approximate surface area is 97.7 Å². The van der Waals surface area contributed by atoms with Crippen LogP contribution in [-0.4, -0.2) is 22.8 Å². The van der Waals surface area contributed by atoms with E-state index in [4.69, 9.17) is 10.6 Å². The van der Waals surface area contributed by atoms with Gasteiger partial charge >= 0.3 is 6.09 Å². The Hall–Kier alpha value is -1.63. The number of carbonyl (C=O) groups is 1. The molecule has 1 rings (SSSR count). The number of nitrogens with one attached hydrogen (secondary N) is 1. The van der Waals surface area contributed by atoms with Crippen molar-refractivity contribution in [2.75, 3.05) is 11.9 Å². The molecule has 0 atom stereocenters. The maximum absolute atomic E-state index is 11.3. The number of amides is 1. The molecule has 0 aliphatic carbocycles. The van der Waals surface area contributed by atoms with E-state index in [0.717, 1.165) is 11.3 Å². The predicted octanol–water partition coefficient (Wildman–Crippen LogP) is 1.70. The molecule has 0 radical (unpaired) electrons. The summed E-state index contributed by atoms with van der Waals surface area (Å²) in [5.41, 5.74) is 2.15. The number of anilines is 1. The average Bonchev–Trinajstić information content (AvgIpc) is 2.59. The molecule has 0 aliphatic heterocycles. The van der Waals surface area contributed by atoms with Crippen LogP contribution < -0.4 is 11.2 Å². The lowest BCUT2D eigenvalue weighted by atomic mass is 10.2. The van der Waals surface area contributed by atoms with Crippen molar-refractivity contribution in [1.29, 1.82) is 0 Å². The zero-order valence-corrected chi connectivity index (χ0v) is 10.2. The molecule has 0 unspecified atom stereocenters. The molecule has 0 aliphatic rings. The summed E-state index contributed by atoms with van der Waals surface area (Å²) in [5, 5.41) is 6.80. The van der Waals surface area contributed by atoms with Crippen LogP contribution in [0.2, 0.25) is 0 Å². The second-order valence-electron chi connectivity index (χ2n) is 3.03. The molecule has 1 heterocycles. The Morgan fingerprint density at radius 1 is 1.69 bits per heavy atom. The standard InChI is InChI=1S/C9H14N4O2S/c1-4-15-9(14)11-8-7(5(2)12-10)6(3)13-16-8/h4,10H2,1-3H3,(H,11,14)/b12-5+. The average molecular weight is 242 g/mol. The third-order valence-corrected chi connectivity index (χ3v) is 2.76. The van der Waals surface area contributed by atoms with Crippen LogP contribution in [0.3, 0.4) is 0 Å². The molecule has 1 aromatic rings. The number of ether oxygens (including phenoxy) is 1. The smallest absolute Gasteiger partial charge is 0.412 e. The van der Waals surface area contributed by atoms with Gasteiger partial charge in [0, 0.05) is 0 Å². The molecule has 0 spiro atoms. The first kappa shape index (κ1) is 12.4. The van der Waals surface area contributed by atoms with Gasteiger partial charge in [-0.1, -0.05) is 0 Å². The first-order valence-electron chi connectivity index (χ1n) is 4.75. The fraction of sp³-hybridized carbons (Fsp3) is 0.444. The van der Waals surface area contributed by atoms with Gasteiger partial charge in [0.05, 0.1) is 23.6 Å². The van der Waals surface area contributed by atoms with E-state index >= 15 is 0 Å². The van der Waals surface area contributed by atoms with Crippen molar-refractivity contribution in [2.24, 2.45) is 10.9 Å². The maximum atomic E-state index is 11.3. The molecule has 6 nitrogen and oxygen atoms in total. The van der Waals surface area contributed by atoms with Gasteiger partial charge < -0.3 is 10.6 Å². The molecule has 7 heteroatoms. The minimum absolute atomic E-state index is 0.322. The first-order chi connectivity index (χ1) is 7.60. The van der Waals surface area contributed by atoms with E-state index in [9.17, 15) is 4.79 Å². The molecular formula is C9H14N4O2S. The van der Waals surface area contributed by atoms with Gasteiger partial charge in [-0.3, -0.25) is 5.32 Å². The molecule has 88 valence electrons. The van der Waals surface area contributed by atoms with Crippen molar-refractivity contribution in [3.63, 3.8) is 0 Å². The van der Waals surface area contributed by atoms with Crippen LogP contribution in [0.15, 0.2) is 5.10 Å². The predicted molar refractivity (Wildman–Crippen MR) is 63.9 cm³/mol. The quantitative estimate of drug-likeness (QED) is 0.479. The minimum atomic E-state index is -0.503. The van der Waals surface area contributed by atoms with E-state index in [1.165, 1.54) is 11.5 Å². The summed E-state index contributed by atoms with van der Waals surface area (Å²) >= 11 is 1.18. The number of aryl methyl sites for hydroxylation is 1. The Balaban J connectivity index is 2.93. The molecule has 0 fully saturated rings. The highest BCUT2D eigenvalue weighted by molar-refractivity contribution is 7.11. The van der Waals surface area contributed by atoms with Crippen LogP contribution in [0.4, 0.5) is 9.80 Å². The number of hydrogen-bond donors (Lipinski definition) is 2. The summed E-state index contributed by atoms with van der Waals surface area (Å²) in [6.45, 7) is 5.65. The van der Waals surface area contributed by atoms with Gasteiger partial charge in [0.25, 0.3) is 0 Å². The number of hydrazone groups is 1. The molecule has 3 N–H and O–H groups in total. The highest BCUT2D eigenvalue weighted by Gasteiger charge is 2.15. The summed E-state index contributed by atoms with van der Waals surface area (Å²) in [6.07, 6.45) is -0.503. The van der Waals surface area contributed by atoms with Crippen molar-refractivity contribution in [3.05, 3.63) is 11.3 Å². The number of nitrogens with two attached hydrogens (primary N) is 1. The summed E-state index contributed by atoms with van der Waals surface area (Å²) in [4.78, 5) is 11.3. The fourth-order valence-corrected chi connectivity index (χ4v) is 2.04. The maximum Gasteiger partial charge on any atom is 0.412 e. The molecule has 1 amide bonds. The van der Waals surface area contributed by atoms with Crippen molar-refractivity contribution >= 4 is 28.3 Å². The van der Waals surface area contributed by atoms with Crippen LogP contribution in [0.5, 0.6) is 0 Å². The molecule has 0 bridgehead atoms. The van der Waals surface area contributed by atoms with Crippen LogP contribution in [0.1, 0.15) is 25.1 Å². The summed E-state index contributed by atoms with van der Waals surface area (Å²) in [7, 11) is 0. The van der Waals surface area contributed by atoms with E-state index < -0.39 is 6.09 Å². The van der Waals surface area contributed by atoms with Gasteiger partial charge in [-0.15, -0.1) is 0 Å². The Bertz CT molecular complexity index is 414. The van der Waals surface area contributed by atoms with E-state index in [1.807, 2.05) is 6.92 Å². The van der Waals surface area contributed by atoms with E-state index in [1.54, 1.807) is 13.8 Å². The lowest BCUT2D eigenvalue weighted by Crippen LogP contribution is -2.14. The van der Waals surface area contributed by atoms with Crippen LogP contribution in [-0.2, 0) is 4.74 Å². The number of hydrogen-bond acceptors (Lipinski definition) is 6. The Morgan fingerprint density at radius 3 is 2.94 bits per heavy atom. The third kappa shape index (κ3) is 2.69. The zero-order chi connectivity index (χ0) is 12.1. The molecule has 0 saturated heterocycles. The monoisotopic (exact) mass is 242 g/mol.